The average molecular weight is 372 g/mol. The van der Waals surface area contributed by atoms with Gasteiger partial charge in [-0.2, -0.15) is 0 Å². The van der Waals surface area contributed by atoms with Crippen molar-refractivity contribution in [3.8, 4) is 0 Å². The molecule has 0 fully saturated rings. The molecule has 142 valence electrons. The van der Waals surface area contributed by atoms with Gasteiger partial charge < -0.3 is 10.2 Å². The van der Waals surface area contributed by atoms with Crippen LogP contribution in [0.2, 0.25) is 0 Å². The first kappa shape index (κ1) is 19.4. The second-order valence-electron chi connectivity index (χ2n) is 7.05. The molecule has 0 saturated carbocycles. The molecule has 3 rings (SSSR count). The summed E-state index contributed by atoms with van der Waals surface area (Å²) in [4.78, 5) is 26.8. The maximum absolute atomic E-state index is 12.6. The van der Waals surface area contributed by atoms with E-state index in [0.29, 0.717) is 17.7 Å². The summed E-state index contributed by atoms with van der Waals surface area (Å²) < 4.78 is 0. The highest BCUT2D eigenvalue weighted by atomic mass is 16.2. The van der Waals surface area contributed by atoms with Crippen LogP contribution in [0.1, 0.15) is 37.4 Å². The van der Waals surface area contributed by atoms with E-state index in [1.807, 2.05) is 56.3 Å². The van der Waals surface area contributed by atoms with Gasteiger partial charge in [0.15, 0.2) is 0 Å². The van der Waals surface area contributed by atoms with E-state index >= 15 is 0 Å². The first-order valence-electron chi connectivity index (χ1n) is 9.21. The first-order valence-corrected chi connectivity index (χ1v) is 9.21. The van der Waals surface area contributed by atoms with Crippen molar-refractivity contribution in [2.75, 3.05) is 12.4 Å². The lowest BCUT2D eigenvalue weighted by Gasteiger charge is -2.17. The minimum Gasteiger partial charge on any atom is -0.337 e. The molecule has 0 radical (unpaired) electrons. The van der Waals surface area contributed by atoms with Gasteiger partial charge in [0.2, 0.25) is 0 Å². The summed E-state index contributed by atoms with van der Waals surface area (Å²) in [5.41, 5.74) is 5.10. The quantitative estimate of drug-likeness (QED) is 0.697. The van der Waals surface area contributed by atoms with E-state index in [9.17, 15) is 9.59 Å². The van der Waals surface area contributed by atoms with Crippen molar-refractivity contribution in [2.45, 2.75) is 20.4 Å². The van der Waals surface area contributed by atoms with Gasteiger partial charge in [-0.3, -0.25) is 9.59 Å². The Labute approximate surface area is 165 Å². The van der Waals surface area contributed by atoms with E-state index in [1.165, 1.54) is 0 Å². The topological polar surface area (TPSA) is 49.4 Å². The summed E-state index contributed by atoms with van der Waals surface area (Å²) in [6.07, 6.45) is 0. The fourth-order valence-electron chi connectivity index (χ4n) is 3.16. The van der Waals surface area contributed by atoms with Crippen LogP contribution in [-0.2, 0) is 6.54 Å². The number of carbonyl (C=O) groups is 2. The van der Waals surface area contributed by atoms with Gasteiger partial charge in [0.05, 0.1) is 0 Å². The molecule has 0 saturated heterocycles. The van der Waals surface area contributed by atoms with Crippen molar-refractivity contribution >= 4 is 17.5 Å². The van der Waals surface area contributed by atoms with Gasteiger partial charge in [0, 0.05) is 30.4 Å². The lowest BCUT2D eigenvalue weighted by molar-refractivity contribution is 0.0784. The second kappa shape index (κ2) is 8.53. The third-order valence-electron chi connectivity index (χ3n) is 4.48. The molecular weight excluding hydrogens is 348 g/mol. The molecule has 2 amide bonds. The predicted octanol–water partition coefficient (Wildman–Crippen LogP) is 4.83. The lowest BCUT2D eigenvalue weighted by Crippen LogP contribution is -2.26. The Balaban J connectivity index is 1.66. The van der Waals surface area contributed by atoms with Gasteiger partial charge in [-0.25, -0.2) is 0 Å². The Morgan fingerprint density at radius 1 is 0.821 bits per heavy atom. The van der Waals surface area contributed by atoms with Gasteiger partial charge in [0.1, 0.15) is 0 Å². The van der Waals surface area contributed by atoms with Gasteiger partial charge in [0.25, 0.3) is 11.8 Å². The summed E-state index contributed by atoms with van der Waals surface area (Å²) in [5, 5.41) is 2.91. The van der Waals surface area contributed by atoms with E-state index < -0.39 is 0 Å². The van der Waals surface area contributed by atoms with Crippen molar-refractivity contribution in [3.63, 3.8) is 0 Å². The first-order chi connectivity index (χ1) is 13.4. The SMILES string of the molecule is Cc1cc(C)cc(NC(=O)c2ccc(C(=O)N(C)Cc3ccccc3)cc2)c1. The molecule has 0 heterocycles. The molecule has 0 unspecified atom stereocenters. The molecule has 4 heteroatoms. The number of rotatable bonds is 5. The number of anilines is 1. The Bertz CT molecular complexity index is 959. The van der Waals surface area contributed by atoms with Crippen molar-refractivity contribution < 1.29 is 9.59 Å². The number of nitrogens with one attached hydrogen (secondary N) is 1. The van der Waals surface area contributed by atoms with Crippen LogP contribution < -0.4 is 5.32 Å². The van der Waals surface area contributed by atoms with Crippen LogP contribution >= 0.6 is 0 Å². The number of hydrogen-bond donors (Lipinski definition) is 1. The van der Waals surface area contributed by atoms with Crippen LogP contribution in [0.3, 0.4) is 0 Å². The highest BCUT2D eigenvalue weighted by Crippen LogP contribution is 2.16. The van der Waals surface area contributed by atoms with Gasteiger partial charge in [-0.05, 0) is 66.9 Å². The molecule has 0 spiro atoms. The van der Waals surface area contributed by atoms with Crippen LogP contribution in [0.4, 0.5) is 5.69 Å². The molecule has 3 aromatic rings. The molecule has 3 aromatic carbocycles. The summed E-state index contributed by atoms with van der Waals surface area (Å²) in [6.45, 7) is 4.53. The summed E-state index contributed by atoms with van der Waals surface area (Å²) in [7, 11) is 1.77. The fourth-order valence-corrected chi connectivity index (χ4v) is 3.16. The zero-order valence-corrected chi connectivity index (χ0v) is 16.4. The van der Waals surface area contributed by atoms with E-state index in [-0.39, 0.29) is 11.8 Å². The molecule has 1 N–H and O–H groups in total. The summed E-state index contributed by atoms with van der Waals surface area (Å²) in [5.74, 6) is -0.272. The fraction of sp³-hybridized carbons (Fsp3) is 0.167. The molecule has 0 aliphatic heterocycles. The van der Waals surface area contributed by atoms with Crippen LogP contribution in [0.15, 0.2) is 72.8 Å². The number of amides is 2. The maximum Gasteiger partial charge on any atom is 0.255 e. The maximum atomic E-state index is 12.6. The van der Waals surface area contributed by atoms with Gasteiger partial charge in [-0.1, -0.05) is 36.4 Å². The van der Waals surface area contributed by atoms with E-state index in [4.69, 9.17) is 0 Å². The van der Waals surface area contributed by atoms with Crippen molar-refractivity contribution in [2.24, 2.45) is 0 Å². The molecule has 0 aromatic heterocycles. The average Bonchev–Trinajstić information content (AvgIpc) is 2.67. The third-order valence-corrected chi connectivity index (χ3v) is 4.48. The molecule has 0 aliphatic carbocycles. The molecule has 28 heavy (non-hydrogen) atoms. The number of carbonyl (C=O) groups excluding carboxylic acids is 2. The molecular formula is C24H24N2O2. The van der Waals surface area contributed by atoms with Crippen LogP contribution in [0, 0.1) is 13.8 Å². The molecule has 0 bridgehead atoms. The number of hydrogen-bond acceptors (Lipinski definition) is 2. The van der Waals surface area contributed by atoms with Crippen molar-refractivity contribution in [3.05, 3.63) is 101 Å². The van der Waals surface area contributed by atoms with E-state index in [1.54, 1.807) is 36.2 Å². The number of benzene rings is 3. The smallest absolute Gasteiger partial charge is 0.255 e. The Morgan fingerprint density at radius 3 is 2.00 bits per heavy atom. The Hall–Kier alpha value is -3.40. The van der Waals surface area contributed by atoms with Gasteiger partial charge in [-0.15, -0.1) is 0 Å². The van der Waals surface area contributed by atoms with E-state index in [2.05, 4.69) is 11.4 Å². The number of nitrogens with zero attached hydrogens (tertiary/aromatic N) is 1. The van der Waals surface area contributed by atoms with Crippen LogP contribution in [0.5, 0.6) is 0 Å². The number of aryl methyl sites for hydroxylation is 2. The van der Waals surface area contributed by atoms with E-state index in [0.717, 1.165) is 22.4 Å². The normalized spacial score (nSPS) is 10.4. The molecule has 4 nitrogen and oxygen atoms in total. The minimum atomic E-state index is -0.193. The lowest BCUT2D eigenvalue weighted by atomic mass is 10.1. The Morgan fingerprint density at radius 2 is 1.39 bits per heavy atom. The van der Waals surface area contributed by atoms with Gasteiger partial charge >= 0.3 is 0 Å². The van der Waals surface area contributed by atoms with Crippen molar-refractivity contribution in [1.82, 2.24) is 4.90 Å². The highest BCUT2D eigenvalue weighted by Gasteiger charge is 2.13. The summed E-state index contributed by atoms with van der Waals surface area (Å²) >= 11 is 0. The zero-order valence-electron chi connectivity index (χ0n) is 16.4. The Kier molecular flexibility index (Phi) is 5.90. The molecule has 0 atom stereocenters. The van der Waals surface area contributed by atoms with Crippen LogP contribution in [0.25, 0.3) is 0 Å². The summed E-state index contributed by atoms with van der Waals surface area (Å²) in [6, 6.07) is 22.5. The standard InChI is InChI=1S/C24H24N2O2/c1-17-13-18(2)15-22(14-17)25-23(27)20-9-11-21(12-10-20)24(28)26(3)16-19-7-5-4-6-8-19/h4-15H,16H2,1-3H3,(H,25,27). The third kappa shape index (κ3) is 4.86. The monoisotopic (exact) mass is 372 g/mol. The van der Waals surface area contributed by atoms with Crippen molar-refractivity contribution in [1.29, 1.82) is 0 Å². The highest BCUT2D eigenvalue weighted by molar-refractivity contribution is 6.05. The van der Waals surface area contributed by atoms with Crippen LogP contribution in [-0.4, -0.2) is 23.8 Å². The second-order valence-corrected chi connectivity index (χ2v) is 7.05. The largest absolute Gasteiger partial charge is 0.337 e. The minimum absolute atomic E-state index is 0.0786. The zero-order chi connectivity index (χ0) is 20.1. The molecule has 0 aliphatic rings. The predicted molar refractivity (Wildman–Crippen MR) is 113 cm³/mol.